The van der Waals surface area contributed by atoms with Gasteiger partial charge in [-0.05, 0) is 51.0 Å². The van der Waals surface area contributed by atoms with Crippen LogP contribution in [0.25, 0.3) is 0 Å². The van der Waals surface area contributed by atoms with Gasteiger partial charge in [0.2, 0.25) is 0 Å². The molecule has 0 heterocycles. The van der Waals surface area contributed by atoms with Crippen molar-refractivity contribution in [2.75, 3.05) is 7.11 Å². The Morgan fingerprint density at radius 1 is 1.33 bits per heavy atom. The Morgan fingerprint density at radius 3 is 2.78 bits per heavy atom. The molecule has 1 aromatic carbocycles. The molecule has 2 fully saturated rings. The normalized spacial score (nSPS) is 30.9. The zero-order valence-corrected chi connectivity index (χ0v) is 11.6. The van der Waals surface area contributed by atoms with Crippen molar-refractivity contribution in [2.45, 2.75) is 45.2 Å². The predicted molar refractivity (Wildman–Crippen MR) is 73.9 cm³/mol. The van der Waals surface area contributed by atoms with Gasteiger partial charge in [0.05, 0.1) is 7.11 Å². The molecule has 1 aromatic rings. The van der Waals surface area contributed by atoms with Crippen LogP contribution in [0.5, 0.6) is 5.75 Å². The molecule has 0 radical (unpaired) electrons. The van der Waals surface area contributed by atoms with E-state index < -0.39 is 0 Å². The number of aryl methyl sites for hydroxylation is 1. The lowest BCUT2D eigenvalue weighted by molar-refractivity contribution is 0.384. The van der Waals surface area contributed by atoms with Crippen molar-refractivity contribution in [3.8, 4) is 5.75 Å². The van der Waals surface area contributed by atoms with Crippen LogP contribution in [-0.4, -0.2) is 13.2 Å². The molecule has 3 rings (SSSR count). The van der Waals surface area contributed by atoms with Crippen LogP contribution < -0.4 is 10.1 Å². The average molecular weight is 245 g/mol. The molecule has 0 aromatic heterocycles. The van der Waals surface area contributed by atoms with E-state index in [0.717, 1.165) is 23.6 Å². The highest BCUT2D eigenvalue weighted by Gasteiger charge is 2.48. The zero-order chi connectivity index (χ0) is 12.7. The summed E-state index contributed by atoms with van der Waals surface area (Å²) in [6, 6.07) is 7.55. The van der Waals surface area contributed by atoms with Crippen molar-refractivity contribution in [3.63, 3.8) is 0 Å². The SMILES string of the molecule is COc1ccc(C)cc1C(C)NC1CCC2CC21. The summed E-state index contributed by atoms with van der Waals surface area (Å²) in [5.74, 6) is 3.00. The Labute approximate surface area is 110 Å². The van der Waals surface area contributed by atoms with E-state index in [1.165, 1.54) is 30.4 Å². The van der Waals surface area contributed by atoms with Crippen LogP contribution in [0.15, 0.2) is 18.2 Å². The van der Waals surface area contributed by atoms with Gasteiger partial charge in [-0.25, -0.2) is 0 Å². The third kappa shape index (κ3) is 2.14. The maximum Gasteiger partial charge on any atom is 0.123 e. The maximum atomic E-state index is 5.48. The Kier molecular flexibility index (Phi) is 3.06. The molecule has 2 aliphatic carbocycles. The molecule has 0 spiro atoms. The number of benzene rings is 1. The molecular weight excluding hydrogens is 222 g/mol. The van der Waals surface area contributed by atoms with E-state index in [1.54, 1.807) is 7.11 Å². The van der Waals surface area contributed by atoms with Crippen LogP contribution >= 0.6 is 0 Å². The van der Waals surface area contributed by atoms with Gasteiger partial charge < -0.3 is 10.1 Å². The quantitative estimate of drug-likeness (QED) is 0.877. The zero-order valence-electron chi connectivity index (χ0n) is 11.6. The molecule has 0 amide bonds. The van der Waals surface area contributed by atoms with Gasteiger partial charge in [-0.15, -0.1) is 0 Å². The fourth-order valence-electron chi connectivity index (χ4n) is 3.51. The van der Waals surface area contributed by atoms with Crippen molar-refractivity contribution < 1.29 is 4.74 Å². The third-order valence-corrected chi connectivity index (χ3v) is 4.66. The van der Waals surface area contributed by atoms with E-state index in [0.29, 0.717) is 6.04 Å². The molecule has 0 aliphatic heterocycles. The van der Waals surface area contributed by atoms with Crippen LogP contribution in [0, 0.1) is 18.8 Å². The minimum Gasteiger partial charge on any atom is -0.496 e. The number of hydrogen-bond donors (Lipinski definition) is 1. The summed E-state index contributed by atoms with van der Waals surface area (Å²) in [6.45, 7) is 4.40. The minimum absolute atomic E-state index is 0.379. The molecule has 2 saturated carbocycles. The number of ether oxygens (including phenoxy) is 1. The Bertz CT molecular complexity index is 443. The van der Waals surface area contributed by atoms with Crippen LogP contribution in [0.1, 0.15) is 43.4 Å². The van der Waals surface area contributed by atoms with E-state index >= 15 is 0 Å². The fraction of sp³-hybridized carbons (Fsp3) is 0.625. The number of hydrogen-bond acceptors (Lipinski definition) is 2. The van der Waals surface area contributed by atoms with Gasteiger partial charge in [-0.2, -0.15) is 0 Å². The number of rotatable bonds is 4. The number of fused-ring (bicyclic) bond motifs is 1. The predicted octanol–water partition coefficient (Wildman–Crippen LogP) is 3.45. The molecule has 2 aliphatic rings. The molecule has 98 valence electrons. The third-order valence-electron chi connectivity index (χ3n) is 4.66. The van der Waals surface area contributed by atoms with E-state index in [2.05, 4.69) is 37.4 Å². The first-order chi connectivity index (χ1) is 8.69. The second-order valence-corrected chi connectivity index (χ2v) is 5.98. The molecule has 0 saturated heterocycles. The summed E-state index contributed by atoms with van der Waals surface area (Å²) in [4.78, 5) is 0. The smallest absolute Gasteiger partial charge is 0.123 e. The van der Waals surface area contributed by atoms with E-state index in [9.17, 15) is 0 Å². The highest BCUT2D eigenvalue weighted by Crippen LogP contribution is 2.52. The standard InChI is InChI=1S/C16H23NO/c1-10-4-7-16(18-3)13(8-10)11(2)17-15-6-5-12-9-14(12)15/h4,7-8,11-12,14-15,17H,5-6,9H2,1-3H3. The van der Waals surface area contributed by atoms with Crippen LogP contribution in [-0.2, 0) is 0 Å². The van der Waals surface area contributed by atoms with Crippen molar-refractivity contribution in [1.82, 2.24) is 5.32 Å². The highest BCUT2D eigenvalue weighted by atomic mass is 16.5. The van der Waals surface area contributed by atoms with Gasteiger partial charge in [0.1, 0.15) is 5.75 Å². The summed E-state index contributed by atoms with van der Waals surface area (Å²) in [6.07, 6.45) is 4.24. The Morgan fingerprint density at radius 2 is 2.17 bits per heavy atom. The van der Waals surface area contributed by atoms with Gasteiger partial charge >= 0.3 is 0 Å². The van der Waals surface area contributed by atoms with Gasteiger partial charge in [0.15, 0.2) is 0 Å². The fourth-order valence-corrected chi connectivity index (χ4v) is 3.51. The lowest BCUT2D eigenvalue weighted by Gasteiger charge is -2.23. The van der Waals surface area contributed by atoms with Gasteiger partial charge in [-0.3, -0.25) is 0 Å². The average Bonchev–Trinajstić information content (AvgIpc) is 3.05. The van der Waals surface area contributed by atoms with Crippen molar-refractivity contribution in [1.29, 1.82) is 0 Å². The van der Waals surface area contributed by atoms with Gasteiger partial charge in [-0.1, -0.05) is 17.7 Å². The van der Waals surface area contributed by atoms with E-state index in [-0.39, 0.29) is 0 Å². The molecule has 18 heavy (non-hydrogen) atoms. The summed E-state index contributed by atoms with van der Waals surface area (Å²) in [5.41, 5.74) is 2.59. The Hall–Kier alpha value is -1.02. The van der Waals surface area contributed by atoms with Crippen LogP contribution in [0.2, 0.25) is 0 Å². The highest BCUT2D eigenvalue weighted by molar-refractivity contribution is 5.39. The van der Waals surface area contributed by atoms with Crippen LogP contribution in [0.4, 0.5) is 0 Å². The van der Waals surface area contributed by atoms with Gasteiger partial charge in [0.25, 0.3) is 0 Å². The summed E-state index contributed by atoms with van der Waals surface area (Å²) < 4.78 is 5.48. The molecule has 4 atom stereocenters. The first-order valence-electron chi connectivity index (χ1n) is 7.09. The second-order valence-electron chi connectivity index (χ2n) is 5.98. The molecule has 2 nitrogen and oxygen atoms in total. The molecule has 1 N–H and O–H groups in total. The largest absolute Gasteiger partial charge is 0.496 e. The molecular formula is C16H23NO. The summed E-state index contributed by atoms with van der Waals surface area (Å²) in [5, 5.41) is 3.81. The monoisotopic (exact) mass is 245 g/mol. The minimum atomic E-state index is 0.379. The van der Waals surface area contributed by atoms with E-state index in [4.69, 9.17) is 4.74 Å². The topological polar surface area (TPSA) is 21.3 Å². The molecule has 0 bridgehead atoms. The summed E-state index contributed by atoms with van der Waals surface area (Å²) in [7, 11) is 1.76. The second kappa shape index (κ2) is 4.58. The van der Waals surface area contributed by atoms with E-state index in [1.807, 2.05) is 0 Å². The van der Waals surface area contributed by atoms with Crippen LogP contribution in [0.3, 0.4) is 0 Å². The van der Waals surface area contributed by atoms with Crippen molar-refractivity contribution >= 4 is 0 Å². The Balaban J connectivity index is 1.74. The first-order valence-corrected chi connectivity index (χ1v) is 7.09. The van der Waals surface area contributed by atoms with Crippen molar-refractivity contribution in [2.24, 2.45) is 11.8 Å². The first kappa shape index (κ1) is 12.0. The molecule has 4 unspecified atom stereocenters. The summed E-state index contributed by atoms with van der Waals surface area (Å²) >= 11 is 0. The molecule has 2 heteroatoms. The number of nitrogens with one attached hydrogen (secondary N) is 1. The number of methoxy groups -OCH3 is 1. The lowest BCUT2D eigenvalue weighted by atomic mass is 10.0. The lowest BCUT2D eigenvalue weighted by Crippen LogP contribution is -2.31. The van der Waals surface area contributed by atoms with Crippen molar-refractivity contribution in [3.05, 3.63) is 29.3 Å². The van der Waals surface area contributed by atoms with Gasteiger partial charge in [0, 0.05) is 17.6 Å². The maximum absolute atomic E-state index is 5.48.